The van der Waals surface area contributed by atoms with Crippen molar-refractivity contribution in [3.05, 3.63) is 95.1 Å². The summed E-state index contributed by atoms with van der Waals surface area (Å²) in [7, 11) is 0. The minimum atomic E-state index is -0.782. The molecule has 0 aromatic heterocycles. The van der Waals surface area contributed by atoms with Gasteiger partial charge in [0.05, 0.1) is 6.61 Å². The fourth-order valence-electron chi connectivity index (χ4n) is 3.15. The summed E-state index contributed by atoms with van der Waals surface area (Å²) in [5.74, 6) is 0. The maximum Gasteiger partial charge on any atom is 0.150 e. The van der Waals surface area contributed by atoms with Gasteiger partial charge in [0.25, 0.3) is 0 Å². The van der Waals surface area contributed by atoms with E-state index in [0.29, 0.717) is 0 Å². The summed E-state index contributed by atoms with van der Waals surface area (Å²) in [4.78, 5) is 10.5. The van der Waals surface area contributed by atoms with Gasteiger partial charge < -0.3 is 10.2 Å². The van der Waals surface area contributed by atoms with Crippen LogP contribution >= 0.6 is 0 Å². The molecule has 1 unspecified atom stereocenters. The molecule has 0 aliphatic heterocycles. The first-order valence-corrected chi connectivity index (χ1v) is 9.25. The zero-order valence-corrected chi connectivity index (χ0v) is 16.1. The summed E-state index contributed by atoms with van der Waals surface area (Å²) < 4.78 is 0. The summed E-state index contributed by atoms with van der Waals surface area (Å²) in [5.41, 5.74) is 3.95. The van der Waals surface area contributed by atoms with Crippen molar-refractivity contribution < 1.29 is 15.0 Å². The van der Waals surface area contributed by atoms with Gasteiger partial charge in [0, 0.05) is 5.56 Å². The number of hydrogen-bond donors (Lipinski definition) is 2. The Bertz CT molecular complexity index is 1120. The first kappa shape index (κ1) is 19.7. The molecule has 0 aliphatic rings. The van der Waals surface area contributed by atoms with Gasteiger partial charge in [-0.25, -0.2) is 0 Å². The quantitative estimate of drug-likeness (QED) is 0.490. The van der Waals surface area contributed by atoms with Crippen LogP contribution in [0.5, 0.6) is 0 Å². The predicted octanol–water partition coefficient (Wildman–Crippen LogP) is 5.13. The molecule has 0 aliphatic carbocycles. The number of hydrogen-bond acceptors (Lipinski definition) is 3. The van der Waals surface area contributed by atoms with Crippen LogP contribution < -0.4 is 0 Å². The van der Waals surface area contributed by atoms with Crippen LogP contribution in [0.3, 0.4) is 0 Å². The Morgan fingerprint density at radius 1 is 0.750 bits per heavy atom. The molecule has 0 fully saturated rings. The second-order valence-electron chi connectivity index (χ2n) is 7.04. The van der Waals surface area contributed by atoms with Crippen molar-refractivity contribution in [3.8, 4) is 0 Å². The number of aliphatic hydroxyl groups is 2. The van der Waals surface area contributed by atoms with E-state index in [1.165, 1.54) is 16.5 Å². The molecule has 28 heavy (non-hydrogen) atoms. The molecule has 0 heterocycles. The Morgan fingerprint density at radius 2 is 1.25 bits per heavy atom. The monoisotopic (exact) mass is 372 g/mol. The van der Waals surface area contributed by atoms with Gasteiger partial charge in [-0.15, -0.1) is 0 Å². The molecule has 2 N–H and O–H groups in total. The molecule has 0 saturated carbocycles. The van der Waals surface area contributed by atoms with E-state index in [-0.39, 0.29) is 6.61 Å². The smallest absolute Gasteiger partial charge is 0.150 e. The lowest BCUT2D eigenvalue weighted by atomic mass is 10.0. The lowest BCUT2D eigenvalue weighted by Crippen LogP contribution is -2.01. The maximum atomic E-state index is 10.5. The number of aliphatic hydroxyl groups excluding tert-OH is 2. The molecule has 0 bridgehead atoms. The van der Waals surface area contributed by atoms with Crippen molar-refractivity contribution in [3.63, 3.8) is 0 Å². The van der Waals surface area contributed by atoms with Crippen LogP contribution in [0.15, 0.2) is 72.8 Å². The van der Waals surface area contributed by atoms with Crippen molar-refractivity contribution in [1.82, 2.24) is 0 Å². The van der Waals surface area contributed by atoms with Crippen LogP contribution in [0.1, 0.15) is 33.2 Å². The summed E-state index contributed by atoms with van der Waals surface area (Å²) >= 11 is 0. The number of carbonyl (C=O) groups is 1. The standard InChI is InChI=1S/C13H14O2.C12H10O/c1-9-2-3-11-7-12(13(15)8-14)5-4-10(11)6-9;1-9-2-4-12-7-10(8-13)3-5-11(12)6-9/h2-7,13-15H,8H2,1H3;2-8H,1H3. The fraction of sp³-hybridized carbons (Fsp3) is 0.160. The lowest BCUT2D eigenvalue weighted by molar-refractivity contribution is 0.0957. The SMILES string of the molecule is Cc1ccc2cc(C(O)CO)ccc2c1.Cc1ccc2cc(C=O)ccc2c1. The Hall–Kier alpha value is -3.01. The molecule has 0 spiro atoms. The highest BCUT2D eigenvalue weighted by atomic mass is 16.3. The van der Waals surface area contributed by atoms with Crippen molar-refractivity contribution in [1.29, 1.82) is 0 Å². The van der Waals surface area contributed by atoms with E-state index in [2.05, 4.69) is 32.0 Å². The number of rotatable bonds is 3. The van der Waals surface area contributed by atoms with Crippen molar-refractivity contribution >= 4 is 27.8 Å². The zero-order valence-electron chi connectivity index (χ0n) is 16.1. The van der Waals surface area contributed by atoms with E-state index in [0.717, 1.165) is 33.6 Å². The van der Waals surface area contributed by atoms with E-state index in [4.69, 9.17) is 5.11 Å². The molecule has 0 saturated heterocycles. The van der Waals surface area contributed by atoms with E-state index in [1.54, 1.807) is 0 Å². The van der Waals surface area contributed by atoms with Crippen LogP contribution in [0, 0.1) is 13.8 Å². The molecule has 1 atom stereocenters. The normalized spacial score (nSPS) is 11.7. The topological polar surface area (TPSA) is 57.5 Å². The van der Waals surface area contributed by atoms with Crippen LogP contribution in [0.25, 0.3) is 21.5 Å². The van der Waals surface area contributed by atoms with Crippen molar-refractivity contribution in [2.75, 3.05) is 6.61 Å². The summed E-state index contributed by atoms with van der Waals surface area (Å²) in [6.45, 7) is 3.88. The Balaban J connectivity index is 0.000000162. The molecule has 4 aromatic rings. The van der Waals surface area contributed by atoms with E-state index in [1.807, 2.05) is 54.6 Å². The Labute approximate surface area is 164 Å². The van der Waals surface area contributed by atoms with Gasteiger partial charge in [0.15, 0.2) is 0 Å². The highest BCUT2D eigenvalue weighted by Gasteiger charge is 2.05. The molecule has 4 rings (SSSR count). The van der Waals surface area contributed by atoms with Crippen molar-refractivity contribution in [2.24, 2.45) is 0 Å². The van der Waals surface area contributed by atoms with E-state index in [9.17, 15) is 9.90 Å². The first-order valence-electron chi connectivity index (χ1n) is 9.25. The van der Waals surface area contributed by atoms with Gasteiger partial charge >= 0.3 is 0 Å². The molecule has 3 heteroatoms. The minimum absolute atomic E-state index is 0.239. The Morgan fingerprint density at radius 3 is 1.82 bits per heavy atom. The Kier molecular flexibility index (Phi) is 6.19. The van der Waals surface area contributed by atoms with Crippen LogP contribution in [0.4, 0.5) is 0 Å². The first-order chi connectivity index (χ1) is 13.5. The molecule has 0 amide bonds. The van der Waals surface area contributed by atoms with Crippen molar-refractivity contribution in [2.45, 2.75) is 20.0 Å². The van der Waals surface area contributed by atoms with Crippen LogP contribution in [-0.2, 0) is 0 Å². The van der Waals surface area contributed by atoms with Gasteiger partial charge in [0.1, 0.15) is 12.4 Å². The predicted molar refractivity (Wildman–Crippen MR) is 115 cm³/mol. The van der Waals surface area contributed by atoms with Gasteiger partial charge in [-0.05, 0) is 53.1 Å². The third-order valence-corrected chi connectivity index (χ3v) is 4.73. The largest absolute Gasteiger partial charge is 0.393 e. The zero-order chi connectivity index (χ0) is 20.1. The summed E-state index contributed by atoms with van der Waals surface area (Å²) in [6, 6.07) is 23.8. The average molecular weight is 372 g/mol. The fourth-order valence-corrected chi connectivity index (χ4v) is 3.15. The lowest BCUT2D eigenvalue weighted by Gasteiger charge is -2.08. The number of aldehydes is 1. The molecule has 142 valence electrons. The second-order valence-corrected chi connectivity index (χ2v) is 7.04. The van der Waals surface area contributed by atoms with Gasteiger partial charge in [-0.1, -0.05) is 71.8 Å². The number of carbonyl (C=O) groups excluding carboxylic acids is 1. The third kappa shape index (κ3) is 4.63. The molecular weight excluding hydrogens is 348 g/mol. The van der Waals surface area contributed by atoms with Crippen LogP contribution in [-0.4, -0.2) is 23.1 Å². The number of fused-ring (bicyclic) bond motifs is 2. The van der Waals surface area contributed by atoms with Gasteiger partial charge in [-0.2, -0.15) is 0 Å². The minimum Gasteiger partial charge on any atom is -0.393 e. The average Bonchev–Trinajstić information content (AvgIpc) is 2.72. The van der Waals surface area contributed by atoms with Crippen LogP contribution in [0.2, 0.25) is 0 Å². The second kappa shape index (κ2) is 8.79. The third-order valence-electron chi connectivity index (χ3n) is 4.73. The summed E-state index contributed by atoms with van der Waals surface area (Å²) in [6.07, 6.45) is 0.0925. The number of benzene rings is 4. The molecule has 3 nitrogen and oxygen atoms in total. The highest BCUT2D eigenvalue weighted by molar-refractivity contribution is 5.89. The van der Waals surface area contributed by atoms with Gasteiger partial charge in [0.2, 0.25) is 0 Å². The maximum absolute atomic E-state index is 10.5. The molecular formula is C25H24O3. The number of aryl methyl sites for hydroxylation is 2. The van der Waals surface area contributed by atoms with E-state index < -0.39 is 6.10 Å². The van der Waals surface area contributed by atoms with E-state index >= 15 is 0 Å². The molecule has 4 aromatic carbocycles. The highest BCUT2D eigenvalue weighted by Crippen LogP contribution is 2.21. The molecule has 0 radical (unpaired) electrons. The summed E-state index contributed by atoms with van der Waals surface area (Å²) in [5, 5.41) is 22.9. The van der Waals surface area contributed by atoms with Gasteiger partial charge in [-0.3, -0.25) is 4.79 Å².